The highest BCUT2D eigenvalue weighted by molar-refractivity contribution is 5.06. The van der Waals surface area contributed by atoms with E-state index >= 15 is 0 Å². The van der Waals surface area contributed by atoms with Crippen LogP contribution in [0.25, 0.3) is 0 Å². The van der Waals surface area contributed by atoms with Crippen LogP contribution in [0.2, 0.25) is 0 Å². The predicted octanol–water partition coefficient (Wildman–Crippen LogP) is 2.23. The Balaban J connectivity index is 1.98. The Morgan fingerprint density at radius 3 is 2.88 bits per heavy atom. The maximum Gasteiger partial charge on any atom is 0.0700 e. The van der Waals surface area contributed by atoms with Crippen LogP contribution in [0.15, 0.2) is 11.6 Å². The lowest BCUT2D eigenvalue weighted by molar-refractivity contribution is 0.0716. The molecule has 0 saturated carbocycles. The first-order valence-electron chi connectivity index (χ1n) is 6.67. The van der Waals surface area contributed by atoms with E-state index in [0.717, 1.165) is 31.5 Å². The fourth-order valence-electron chi connectivity index (χ4n) is 2.54. The minimum absolute atomic E-state index is 0.685. The molecule has 0 aromatic rings. The van der Waals surface area contributed by atoms with E-state index in [9.17, 15) is 0 Å². The predicted molar refractivity (Wildman–Crippen MR) is 71.2 cm³/mol. The lowest BCUT2D eigenvalue weighted by atomic mass is 9.84. The summed E-state index contributed by atoms with van der Waals surface area (Å²) < 4.78 is 10.3. The van der Waals surface area contributed by atoms with Crippen molar-refractivity contribution in [3.8, 4) is 0 Å². The molecule has 1 aliphatic carbocycles. The van der Waals surface area contributed by atoms with Crippen molar-refractivity contribution in [3.05, 3.63) is 11.6 Å². The van der Waals surface area contributed by atoms with Crippen molar-refractivity contribution in [2.75, 3.05) is 40.0 Å². The van der Waals surface area contributed by atoms with Gasteiger partial charge in [-0.25, -0.2) is 0 Å². The molecule has 0 bridgehead atoms. The summed E-state index contributed by atoms with van der Waals surface area (Å²) in [5, 5.41) is 3.48. The number of ether oxygens (including phenoxy) is 2. The molecule has 0 aromatic carbocycles. The highest BCUT2D eigenvalue weighted by Gasteiger charge is 2.17. The molecular formula is C14H27NO2. The van der Waals surface area contributed by atoms with E-state index in [2.05, 4.69) is 25.2 Å². The maximum absolute atomic E-state index is 5.41. The molecule has 0 heterocycles. The minimum atomic E-state index is 0.685. The molecule has 17 heavy (non-hydrogen) atoms. The Labute approximate surface area is 106 Å². The standard InChI is InChI=1S/C14H27NO2/c1-12-8-13(2)10-14(9-12)11-15-4-5-17-7-6-16-3/h8,12,14-15H,4-7,9-11H2,1-3H3. The molecule has 0 saturated heterocycles. The van der Waals surface area contributed by atoms with E-state index in [-0.39, 0.29) is 0 Å². The molecule has 0 fully saturated rings. The third-order valence-electron chi connectivity index (χ3n) is 3.17. The summed E-state index contributed by atoms with van der Waals surface area (Å²) in [6.07, 6.45) is 4.97. The third kappa shape index (κ3) is 6.81. The van der Waals surface area contributed by atoms with Crippen molar-refractivity contribution in [2.45, 2.75) is 26.7 Å². The summed E-state index contributed by atoms with van der Waals surface area (Å²) in [4.78, 5) is 0. The first-order valence-corrected chi connectivity index (χ1v) is 6.67. The fraction of sp³-hybridized carbons (Fsp3) is 0.857. The highest BCUT2D eigenvalue weighted by atomic mass is 16.5. The molecule has 0 aromatic heterocycles. The van der Waals surface area contributed by atoms with Gasteiger partial charge in [0.15, 0.2) is 0 Å². The Morgan fingerprint density at radius 1 is 1.35 bits per heavy atom. The zero-order valence-corrected chi connectivity index (χ0v) is 11.5. The molecule has 1 rings (SSSR count). The van der Waals surface area contributed by atoms with Crippen LogP contribution >= 0.6 is 0 Å². The lowest BCUT2D eigenvalue weighted by Gasteiger charge is -2.25. The molecule has 0 amide bonds. The number of hydrogen-bond donors (Lipinski definition) is 1. The normalized spacial score (nSPS) is 24.8. The lowest BCUT2D eigenvalue weighted by Crippen LogP contribution is -2.29. The van der Waals surface area contributed by atoms with Crippen LogP contribution in [-0.2, 0) is 9.47 Å². The summed E-state index contributed by atoms with van der Waals surface area (Å²) in [5.41, 5.74) is 1.55. The van der Waals surface area contributed by atoms with E-state index in [4.69, 9.17) is 9.47 Å². The van der Waals surface area contributed by atoms with Gasteiger partial charge in [-0.05, 0) is 38.1 Å². The first-order chi connectivity index (χ1) is 8.22. The van der Waals surface area contributed by atoms with Crippen LogP contribution < -0.4 is 5.32 Å². The second-order valence-electron chi connectivity index (χ2n) is 5.11. The summed E-state index contributed by atoms with van der Waals surface area (Å²) in [5.74, 6) is 1.54. The SMILES string of the molecule is COCCOCCNCC1CC(C)=CC(C)C1. The Bertz CT molecular complexity index is 228. The first kappa shape index (κ1) is 14.7. The molecule has 1 aliphatic rings. The smallest absolute Gasteiger partial charge is 0.0700 e. The van der Waals surface area contributed by atoms with Gasteiger partial charge in [0.2, 0.25) is 0 Å². The molecule has 3 nitrogen and oxygen atoms in total. The van der Waals surface area contributed by atoms with Crippen molar-refractivity contribution >= 4 is 0 Å². The van der Waals surface area contributed by atoms with Crippen LogP contribution in [0.5, 0.6) is 0 Å². The van der Waals surface area contributed by atoms with Crippen molar-refractivity contribution in [2.24, 2.45) is 11.8 Å². The van der Waals surface area contributed by atoms with Gasteiger partial charge in [0.1, 0.15) is 0 Å². The molecule has 2 unspecified atom stereocenters. The van der Waals surface area contributed by atoms with Gasteiger partial charge < -0.3 is 14.8 Å². The second kappa shape index (κ2) is 8.67. The van der Waals surface area contributed by atoms with E-state index in [1.54, 1.807) is 12.7 Å². The van der Waals surface area contributed by atoms with Crippen molar-refractivity contribution in [1.82, 2.24) is 5.32 Å². The van der Waals surface area contributed by atoms with Crippen molar-refractivity contribution in [3.63, 3.8) is 0 Å². The maximum atomic E-state index is 5.41. The summed E-state index contributed by atoms with van der Waals surface area (Å²) in [6, 6.07) is 0. The van der Waals surface area contributed by atoms with Gasteiger partial charge in [0, 0.05) is 13.7 Å². The molecule has 0 aliphatic heterocycles. The van der Waals surface area contributed by atoms with E-state index < -0.39 is 0 Å². The zero-order valence-electron chi connectivity index (χ0n) is 11.5. The average Bonchev–Trinajstić information content (AvgIpc) is 2.26. The second-order valence-corrected chi connectivity index (χ2v) is 5.11. The number of rotatable bonds is 8. The van der Waals surface area contributed by atoms with E-state index in [0.29, 0.717) is 13.2 Å². The third-order valence-corrected chi connectivity index (χ3v) is 3.17. The Morgan fingerprint density at radius 2 is 2.18 bits per heavy atom. The van der Waals surface area contributed by atoms with Crippen LogP contribution in [0.4, 0.5) is 0 Å². The number of nitrogens with one attached hydrogen (secondary N) is 1. The fourth-order valence-corrected chi connectivity index (χ4v) is 2.54. The average molecular weight is 241 g/mol. The monoisotopic (exact) mass is 241 g/mol. The van der Waals surface area contributed by atoms with Gasteiger partial charge in [-0.1, -0.05) is 18.6 Å². The molecule has 3 heteroatoms. The molecular weight excluding hydrogens is 214 g/mol. The molecule has 1 N–H and O–H groups in total. The number of allylic oxidation sites excluding steroid dienone is 2. The van der Waals surface area contributed by atoms with Crippen molar-refractivity contribution in [1.29, 1.82) is 0 Å². The van der Waals surface area contributed by atoms with Gasteiger partial charge in [-0.2, -0.15) is 0 Å². The Kier molecular flexibility index (Phi) is 7.49. The van der Waals surface area contributed by atoms with Crippen LogP contribution in [-0.4, -0.2) is 40.0 Å². The topological polar surface area (TPSA) is 30.5 Å². The van der Waals surface area contributed by atoms with Gasteiger partial charge in [0.05, 0.1) is 19.8 Å². The Hall–Kier alpha value is -0.380. The van der Waals surface area contributed by atoms with E-state index in [1.807, 2.05) is 0 Å². The minimum Gasteiger partial charge on any atom is -0.382 e. The number of hydrogen-bond acceptors (Lipinski definition) is 3. The van der Waals surface area contributed by atoms with Gasteiger partial charge in [-0.15, -0.1) is 0 Å². The van der Waals surface area contributed by atoms with Gasteiger partial charge in [0.25, 0.3) is 0 Å². The van der Waals surface area contributed by atoms with Crippen molar-refractivity contribution < 1.29 is 9.47 Å². The van der Waals surface area contributed by atoms with Gasteiger partial charge in [-0.3, -0.25) is 0 Å². The van der Waals surface area contributed by atoms with Crippen LogP contribution in [0.3, 0.4) is 0 Å². The molecule has 0 radical (unpaired) electrons. The van der Waals surface area contributed by atoms with Crippen LogP contribution in [0.1, 0.15) is 26.7 Å². The summed E-state index contributed by atoms with van der Waals surface area (Å²) >= 11 is 0. The highest BCUT2D eigenvalue weighted by Crippen LogP contribution is 2.26. The molecule has 100 valence electrons. The van der Waals surface area contributed by atoms with Crippen LogP contribution in [0, 0.1) is 11.8 Å². The molecule has 0 spiro atoms. The quantitative estimate of drug-likeness (QED) is 0.522. The summed E-state index contributed by atoms with van der Waals surface area (Å²) in [6.45, 7) is 8.77. The molecule has 2 atom stereocenters. The largest absolute Gasteiger partial charge is 0.382 e. The summed E-state index contributed by atoms with van der Waals surface area (Å²) in [7, 11) is 1.70. The number of methoxy groups -OCH3 is 1. The van der Waals surface area contributed by atoms with E-state index in [1.165, 1.54) is 12.8 Å². The zero-order chi connectivity index (χ0) is 12.5. The van der Waals surface area contributed by atoms with Gasteiger partial charge >= 0.3 is 0 Å².